The van der Waals surface area contributed by atoms with Gasteiger partial charge in [-0.3, -0.25) is 4.79 Å². The normalized spacial score (nSPS) is 21.6. The number of aryl methyl sites for hydroxylation is 1. The number of hydrogen-bond acceptors (Lipinski definition) is 4. The molecule has 1 aliphatic carbocycles. The number of methoxy groups -OCH3 is 1. The van der Waals surface area contributed by atoms with Gasteiger partial charge in [-0.05, 0) is 30.5 Å². The highest BCUT2D eigenvalue weighted by Crippen LogP contribution is 2.41. The summed E-state index contributed by atoms with van der Waals surface area (Å²) in [6, 6.07) is 7.45. The molecule has 1 aromatic heterocycles. The molecule has 2 atom stereocenters. The first-order valence-corrected chi connectivity index (χ1v) is 6.52. The van der Waals surface area contributed by atoms with E-state index in [1.54, 1.807) is 13.2 Å². The number of hydrogen-bond donors (Lipinski definition) is 0. The lowest BCUT2D eigenvalue weighted by molar-refractivity contribution is 0.100. The summed E-state index contributed by atoms with van der Waals surface area (Å²) in [6.45, 7) is 3.85. The van der Waals surface area contributed by atoms with Crippen LogP contribution in [0.5, 0.6) is 5.75 Å². The van der Waals surface area contributed by atoms with Crippen molar-refractivity contribution in [3.05, 3.63) is 53.3 Å². The second-order valence-electron chi connectivity index (χ2n) is 5.06. The van der Waals surface area contributed by atoms with E-state index in [4.69, 9.17) is 9.26 Å². The minimum absolute atomic E-state index is 0.0326. The van der Waals surface area contributed by atoms with E-state index in [9.17, 15) is 4.79 Å². The van der Waals surface area contributed by atoms with Gasteiger partial charge >= 0.3 is 0 Å². The topological polar surface area (TPSA) is 52.3 Å². The number of benzene rings is 1. The van der Waals surface area contributed by atoms with Gasteiger partial charge in [-0.15, -0.1) is 0 Å². The molecule has 4 heteroatoms. The maximum absolute atomic E-state index is 12.1. The average molecular weight is 269 g/mol. The lowest BCUT2D eigenvalue weighted by atomic mass is 9.74. The van der Waals surface area contributed by atoms with Crippen molar-refractivity contribution in [3.8, 4) is 5.75 Å². The van der Waals surface area contributed by atoms with Crippen LogP contribution < -0.4 is 4.74 Å². The Labute approximate surface area is 117 Å². The first kappa shape index (κ1) is 12.9. The summed E-state index contributed by atoms with van der Waals surface area (Å²) >= 11 is 0. The zero-order valence-corrected chi connectivity index (χ0v) is 11.6. The molecule has 1 aliphatic rings. The Kier molecular flexibility index (Phi) is 3.08. The molecule has 2 aromatic rings. The molecule has 0 amide bonds. The summed E-state index contributed by atoms with van der Waals surface area (Å²) in [7, 11) is 1.59. The molecule has 0 fully saturated rings. The molecule has 4 nitrogen and oxygen atoms in total. The minimum atomic E-state index is -0.0844. The van der Waals surface area contributed by atoms with Crippen molar-refractivity contribution < 1.29 is 14.1 Å². The highest BCUT2D eigenvalue weighted by atomic mass is 16.5. The summed E-state index contributed by atoms with van der Waals surface area (Å²) in [5.41, 5.74) is 2.40. The van der Waals surface area contributed by atoms with E-state index in [1.165, 1.54) is 0 Å². The lowest BCUT2D eigenvalue weighted by Crippen LogP contribution is -2.24. The Hall–Kier alpha value is -2.10. The van der Waals surface area contributed by atoms with Crippen LogP contribution in [-0.2, 0) is 0 Å². The van der Waals surface area contributed by atoms with Gasteiger partial charge < -0.3 is 9.26 Å². The van der Waals surface area contributed by atoms with Gasteiger partial charge in [-0.2, -0.15) is 0 Å². The fraction of sp³-hybridized carbons (Fsp3) is 0.312. The maximum atomic E-state index is 12.1. The number of Topliss-reactive ketones (excluding diaryl/α,β-unsaturated/α-hetero) is 1. The van der Waals surface area contributed by atoms with Crippen LogP contribution in [0.1, 0.15) is 40.2 Å². The first-order valence-electron chi connectivity index (χ1n) is 6.52. The van der Waals surface area contributed by atoms with Crippen LogP contribution in [0.25, 0.3) is 0 Å². The highest BCUT2D eigenvalue weighted by molar-refractivity contribution is 6.05. The fourth-order valence-electron chi connectivity index (χ4n) is 2.70. The second-order valence-corrected chi connectivity index (χ2v) is 5.06. The van der Waals surface area contributed by atoms with Crippen molar-refractivity contribution in [3.63, 3.8) is 0 Å². The standard InChI is InChI=1S/C16H15NO3/c1-9-6-14(18)13-8-11(19-3)4-5-12(13)16(9)15-7-10(2)17-20-15/h4-5,7-9,16H,1-3H3. The Morgan fingerprint density at radius 1 is 1.35 bits per heavy atom. The Morgan fingerprint density at radius 3 is 2.80 bits per heavy atom. The Morgan fingerprint density at radius 2 is 2.15 bits per heavy atom. The average Bonchev–Trinajstić information content (AvgIpc) is 2.85. The highest BCUT2D eigenvalue weighted by Gasteiger charge is 2.35. The molecule has 0 aliphatic heterocycles. The van der Waals surface area contributed by atoms with Crippen LogP contribution in [-0.4, -0.2) is 18.0 Å². The third-order valence-electron chi connectivity index (χ3n) is 3.65. The van der Waals surface area contributed by atoms with E-state index in [0.29, 0.717) is 11.3 Å². The lowest BCUT2D eigenvalue weighted by Gasteiger charge is -2.28. The van der Waals surface area contributed by atoms with Gasteiger partial charge in [0.15, 0.2) is 5.78 Å². The van der Waals surface area contributed by atoms with Crippen LogP contribution in [0.3, 0.4) is 0 Å². The molecule has 2 radical (unpaired) electrons. The first-order chi connectivity index (χ1) is 9.60. The van der Waals surface area contributed by atoms with E-state index < -0.39 is 0 Å². The number of nitrogens with zero attached hydrogens (tertiary/aromatic N) is 1. The molecule has 0 saturated heterocycles. The van der Waals surface area contributed by atoms with Gasteiger partial charge in [0.05, 0.1) is 19.2 Å². The van der Waals surface area contributed by atoms with Gasteiger partial charge in [0.2, 0.25) is 0 Å². The summed E-state index contributed by atoms with van der Waals surface area (Å²) in [6.07, 6.45) is 2.96. The number of carbonyl (C=O) groups excluding carboxylic acids is 1. The van der Waals surface area contributed by atoms with Gasteiger partial charge in [0.1, 0.15) is 11.5 Å². The van der Waals surface area contributed by atoms with E-state index in [1.807, 2.05) is 32.0 Å². The second kappa shape index (κ2) is 4.78. The molecule has 102 valence electrons. The molecular formula is C16H15NO3. The monoisotopic (exact) mass is 269 g/mol. The molecule has 3 rings (SSSR count). The van der Waals surface area contributed by atoms with Gasteiger partial charge in [-0.25, -0.2) is 0 Å². The molecule has 0 saturated carbocycles. The number of carbonyl (C=O) groups is 1. The van der Waals surface area contributed by atoms with Crippen LogP contribution in [0.15, 0.2) is 28.8 Å². The van der Waals surface area contributed by atoms with Gasteiger partial charge in [0.25, 0.3) is 0 Å². The van der Waals surface area contributed by atoms with Crippen molar-refractivity contribution in [1.29, 1.82) is 0 Å². The predicted molar refractivity (Wildman–Crippen MR) is 72.8 cm³/mol. The quantitative estimate of drug-likeness (QED) is 0.840. The van der Waals surface area contributed by atoms with Crippen LogP contribution in [0.2, 0.25) is 0 Å². The summed E-state index contributed by atoms with van der Waals surface area (Å²) in [5.74, 6) is 1.27. The molecule has 1 aromatic carbocycles. The SMILES string of the molecule is COc1ccc2c(c1)C(=O)[C]C(C)C2c1cc(C)no1. The fourth-order valence-corrected chi connectivity index (χ4v) is 2.70. The Balaban J connectivity index is 2.13. The van der Waals surface area contributed by atoms with E-state index in [2.05, 4.69) is 11.6 Å². The molecule has 1 heterocycles. The number of ketones is 1. The van der Waals surface area contributed by atoms with Crippen LogP contribution >= 0.6 is 0 Å². The predicted octanol–water partition coefficient (Wildman–Crippen LogP) is 3.04. The summed E-state index contributed by atoms with van der Waals surface area (Å²) < 4.78 is 10.6. The minimum Gasteiger partial charge on any atom is -0.497 e. The third-order valence-corrected chi connectivity index (χ3v) is 3.65. The van der Waals surface area contributed by atoms with Crippen molar-refractivity contribution in [2.75, 3.05) is 7.11 Å². The van der Waals surface area contributed by atoms with E-state index >= 15 is 0 Å². The largest absolute Gasteiger partial charge is 0.497 e. The number of rotatable bonds is 2. The van der Waals surface area contributed by atoms with Crippen molar-refractivity contribution >= 4 is 5.78 Å². The van der Waals surface area contributed by atoms with Crippen LogP contribution in [0.4, 0.5) is 0 Å². The molecular weight excluding hydrogens is 254 g/mol. The van der Waals surface area contributed by atoms with Crippen molar-refractivity contribution in [2.45, 2.75) is 19.8 Å². The number of aromatic nitrogens is 1. The van der Waals surface area contributed by atoms with Gasteiger partial charge in [-0.1, -0.05) is 18.1 Å². The van der Waals surface area contributed by atoms with Crippen molar-refractivity contribution in [2.24, 2.45) is 5.92 Å². The molecule has 0 bridgehead atoms. The molecule has 2 unspecified atom stereocenters. The zero-order chi connectivity index (χ0) is 14.3. The number of fused-ring (bicyclic) bond motifs is 1. The molecule has 0 N–H and O–H groups in total. The Bertz CT molecular complexity index is 659. The summed E-state index contributed by atoms with van der Waals surface area (Å²) in [4.78, 5) is 12.1. The molecule has 20 heavy (non-hydrogen) atoms. The smallest absolute Gasteiger partial charge is 0.171 e. The van der Waals surface area contributed by atoms with Crippen LogP contribution in [0, 0.1) is 19.3 Å². The van der Waals surface area contributed by atoms with Crippen molar-refractivity contribution in [1.82, 2.24) is 5.16 Å². The third kappa shape index (κ3) is 2.01. The van der Waals surface area contributed by atoms with Gasteiger partial charge in [0, 0.05) is 17.5 Å². The zero-order valence-electron chi connectivity index (χ0n) is 11.6. The number of ether oxygens (including phenoxy) is 1. The maximum Gasteiger partial charge on any atom is 0.171 e. The van der Waals surface area contributed by atoms with E-state index in [0.717, 1.165) is 17.0 Å². The molecule has 0 spiro atoms. The summed E-state index contributed by atoms with van der Waals surface area (Å²) in [5, 5.41) is 3.94. The van der Waals surface area contributed by atoms with E-state index in [-0.39, 0.29) is 17.6 Å².